The Labute approximate surface area is 160 Å². The van der Waals surface area contributed by atoms with Gasteiger partial charge >= 0.3 is 0 Å². The molecule has 0 radical (unpaired) electrons. The topological polar surface area (TPSA) is 50.8 Å². The van der Waals surface area contributed by atoms with Gasteiger partial charge in [-0.25, -0.2) is 0 Å². The maximum atomic E-state index is 12.7. The number of halogens is 1. The predicted octanol–water partition coefficient (Wildman–Crippen LogP) is 4.09. The van der Waals surface area contributed by atoms with Crippen LogP contribution in [0.15, 0.2) is 12.1 Å². The number of fused-ring (bicyclic) bond motifs is 2. The smallest absolute Gasteiger partial charge is 0.238 e. The van der Waals surface area contributed by atoms with Crippen molar-refractivity contribution in [1.82, 2.24) is 4.90 Å². The number of amides is 1. The number of hydrogen-bond acceptors (Lipinski definition) is 4. The summed E-state index contributed by atoms with van der Waals surface area (Å²) in [5.74, 6) is 2.05. The van der Waals surface area contributed by atoms with Gasteiger partial charge in [-0.15, -0.1) is 0 Å². The van der Waals surface area contributed by atoms with Gasteiger partial charge in [-0.2, -0.15) is 0 Å². The molecule has 26 heavy (non-hydrogen) atoms. The molecule has 1 aliphatic carbocycles. The first kappa shape index (κ1) is 17.9. The fraction of sp³-hybridized carbons (Fsp3) is 0.650. The fourth-order valence-corrected chi connectivity index (χ4v) is 4.78. The average Bonchev–Trinajstić information content (AvgIpc) is 2.87. The van der Waals surface area contributed by atoms with Gasteiger partial charge in [0.2, 0.25) is 5.91 Å². The molecule has 1 aromatic carbocycles. The van der Waals surface area contributed by atoms with E-state index < -0.39 is 0 Å². The molecule has 2 fully saturated rings. The molecule has 5 nitrogen and oxygen atoms in total. The van der Waals surface area contributed by atoms with Gasteiger partial charge < -0.3 is 14.8 Å². The van der Waals surface area contributed by atoms with E-state index >= 15 is 0 Å². The Morgan fingerprint density at radius 3 is 2.65 bits per heavy atom. The zero-order chi connectivity index (χ0) is 17.9. The van der Waals surface area contributed by atoms with Crippen LogP contribution in [0.5, 0.6) is 11.5 Å². The first-order chi connectivity index (χ1) is 12.7. The maximum absolute atomic E-state index is 12.7. The molecule has 4 rings (SSSR count). The summed E-state index contributed by atoms with van der Waals surface area (Å²) in [6.07, 6.45) is 8.52. The van der Waals surface area contributed by atoms with Crippen molar-refractivity contribution < 1.29 is 14.3 Å². The van der Waals surface area contributed by atoms with Gasteiger partial charge in [0.25, 0.3) is 0 Å². The zero-order valence-corrected chi connectivity index (χ0v) is 15.9. The minimum atomic E-state index is -0.00684. The number of ether oxygens (including phenoxy) is 2. The van der Waals surface area contributed by atoms with E-state index in [2.05, 4.69) is 10.2 Å². The fourth-order valence-electron chi connectivity index (χ4n) is 4.58. The standard InChI is InChI=1S/C20H27ClN2O3/c21-15-11-18-19(26-10-4-9-25-18)12-16(15)22-20(24)13-23-8-3-6-14-5-1-2-7-17(14)23/h11-12,14,17H,1-10,13H2,(H,22,24). The molecule has 142 valence electrons. The van der Waals surface area contributed by atoms with Crippen LogP contribution in [0.25, 0.3) is 0 Å². The average molecular weight is 379 g/mol. The van der Waals surface area contributed by atoms with Gasteiger partial charge in [0.05, 0.1) is 30.5 Å². The molecule has 2 unspecified atom stereocenters. The number of carbonyl (C=O) groups is 1. The van der Waals surface area contributed by atoms with E-state index in [-0.39, 0.29) is 5.91 Å². The quantitative estimate of drug-likeness (QED) is 0.860. The first-order valence-corrected chi connectivity index (χ1v) is 10.2. The number of anilines is 1. The molecule has 0 spiro atoms. The first-order valence-electron chi connectivity index (χ1n) is 9.84. The van der Waals surface area contributed by atoms with Crippen molar-refractivity contribution >= 4 is 23.2 Å². The highest BCUT2D eigenvalue weighted by Gasteiger charge is 2.34. The molecule has 1 saturated carbocycles. The number of hydrogen-bond donors (Lipinski definition) is 1. The van der Waals surface area contributed by atoms with Crippen molar-refractivity contribution in [2.45, 2.75) is 51.0 Å². The van der Waals surface area contributed by atoms with Crippen LogP contribution < -0.4 is 14.8 Å². The number of likely N-dealkylation sites (tertiary alicyclic amines) is 1. The molecule has 1 N–H and O–H groups in total. The summed E-state index contributed by atoms with van der Waals surface area (Å²) in [7, 11) is 0. The van der Waals surface area contributed by atoms with Crippen molar-refractivity contribution in [2.24, 2.45) is 5.92 Å². The van der Waals surface area contributed by atoms with Crippen LogP contribution in [0, 0.1) is 5.92 Å². The molecule has 2 atom stereocenters. The predicted molar refractivity (Wildman–Crippen MR) is 102 cm³/mol. The lowest BCUT2D eigenvalue weighted by molar-refractivity contribution is -0.118. The van der Waals surface area contributed by atoms with Crippen LogP contribution in [-0.4, -0.2) is 43.2 Å². The van der Waals surface area contributed by atoms with Gasteiger partial charge in [-0.1, -0.05) is 24.4 Å². The van der Waals surface area contributed by atoms with Gasteiger partial charge in [0.15, 0.2) is 11.5 Å². The second kappa shape index (κ2) is 8.05. The van der Waals surface area contributed by atoms with Crippen LogP contribution in [0.1, 0.15) is 44.9 Å². The van der Waals surface area contributed by atoms with Gasteiger partial charge in [0.1, 0.15) is 0 Å². The third kappa shape index (κ3) is 3.94. The Bertz CT molecular complexity index is 665. The SMILES string of the molecule is O=C(CN1CCCC2CCCCC21)Nc1cc2c(cc1Cl)OCCCO2. The van der Waals surface area contributed by atoms with E-state index in [0.717, 1.165) is 18.9 Å². The Balaban J connectivity index is 1.42. The highest BCUT2D eigenvalue weighted by atomic mass is 35.5. The van der Waals surface area contributed by atoms with E-state index in [9.17, 15) is 4.79 Å². The summed E-state index contributed by atoms with van der Waals surface area (Å²) in [5.41, 5.74) is 0.595. The molecular weight excluding hydrogens is 352 g/mol. The zero-order valence-electron chi connectivity index (χ0n) is 15.1. The molecule has 0 aromatic heterocycles. The van der Waals surface area contributed by atoms with E-state index in [1.165, 1.54) is 38.5 Å². The second-order valence-corrected chi connectivity index (χ2v) is 8.01. The van der Waals surface area contributed by atoms with Crippen molar-refractivity contribution in [2.75, 3.05) is 31.6 Å². The van der Waals surface area contributed by atoms with E-state index in [1.54, 1.807) is 12.1 Å². The molecular formula is C20H27ClN2O3. The van der Waals surface area contributed by atoms with Crippen LogP contribution in [0.2, 0.25) is 5.02 Å². The van der Waals surface area contributed by atoms with Crippen LogP contribution in [-0.2, 0) is 4.79 Å². The monoisotopic (exact) mass is 378 g/mol. The van der Waals surface area contributed by atoms with E-state index in [4.69, 9.17) is 21.1 Å². The molecule has 6 heteroatoms. The lowest BCUT2D eigenvalue weighted by atomic mass is 9.78. The third-order valence-electron chi connectivity index (χ3n) is 5.82. The highest BCUT2D eigenvalue weighted by molar-refractivity contribution is 6.34. The number of nitrogens with one attached hydrogen (secondary N) is 1. The lowest BCUT2D eigenvalue weighted by Gasteiger charge is -2.43. The Hall–Kier alpha value is -1.46. The largest absolute Gasteiger partial charge is 0.490 e. The van der Waals surface area contributed by atoms with Crippen molar-refractivity contribution in [3.63, 3.8) is 0 Å². The van der Waals surface area contributed by atoms with E-state index in [1.807, 2.05) is 0 Å². The Kier molecular flexibility index (Phi) is 5.55. The van der Waals surface area contributed by atoms with Crippen molar-refractivity contribution in [3.05, 3.63) is 17.2 Å². The summed E-state index contributed by atoms with van der Waals surface area (Å²) in [4.78, 5) is 15.0. The summed E-state index contributed by atoms with van der Waals surface area (Å²) >= 11 is 6.35. The third-order valence-corrected chi connectivity index (χ3v) is 6.13. The Morgan fingerprint density at radius 2 is 1.81 bits per heavy atom. The highest BCUT2D eigenvalue weighted by Crippen LogP contribution is 2.38. The number of carbonyl (C=O) groups excluding carboxylic acids is 1. The normalized spacial score (nSPS) is 25.9. The molecule has 3 aliphatic rings. The summed E-state index contributed by atoms with van der Waals surface area (Å²) in [5, 5.41) is 3.46. The number of piperidine rings is 1. The molecule has 1 saturated heterocycles. The summed E-state index contributed by atoms with van der Waals surface area (Å²) in [6.45, 7) is 2.68. The maximum Gasteiger partial charge on any atom is 0.238 e. The van der Waals surface area contributed by atoms with Crippen molar-refractivity contribution in [1.29, 1.82) is 0 Å². The molecule has 2 heterocycles. The van der Waals surface area contributed by atoms with Crippen molar-refractivity contribution in [3.8, 4) is 11.5 Å². The van der Waals surface area contributed by atoms with Crippen LogP contribution in [0.3, 0.4) is 0 Å². The Morgan fingerprint density at radius 1 is 1.08 bits per heavy atom. The minimum Gasteiger partial charge on any atom is -0.490 e. The number of benzene rings is 1. The number of rotatable bonds is 3. The van der Waals surface area contributed by atoms with E-state index in [0.29, 0.717) is 48.0 Å². The molecule has 2 aliphatic heterocycles. The van der Waals surface area contributed by atoms with Gasteiger partial charge in [-0.3, -0.25) is 9.69 Å². The van der Waals surface area contributed by atoms with Crippen LogP contribution in [0.4, 0.5) is 5.69 Å². The second-order valence-electron chi connectivity index (χ2n) is 7.60. The van der Waals surface area contributed by atoms with Crippen LogP contribution >= 0.6 is 11.6 Å². The van der Waals surface area contributed by atoms with Gasteiger partial charge in [0, 0.05) is 24.6 Å². The molecule has 1 aromatic rings. The number of nitrogens with zero attached hydrogens (tertiary/aromatic N) is 1. The summed E-state index contributed by atoms with van der Waals surface area (Å²) < 4.78 is 11.3. The minimum absolute atomic E-state index is 0.00684. The van der Waals surface area contributed by atoms with Gasteiger partial charge in [-0.05, 0) is 38.1 Å². The lowest BCUT2D eigenvalue weighted by Crippen LogP contribution is -2.49. The molecule has 0 bridgehead atoms. The molecule has 1 amide bonds. The summed E-state index contributed by atoms with van der Waals surface area (Å²) in [6, 6.07) is 4.08.